The van der Waals surface area contributed by atoms with E-state index in [1.807, 2.05) is 6.08 Å². The first kappa shape index (κ1) is 12.3. The van der Waals surface area contributed by atoms with Gasteiger partial charge in [0.25, 0.3) is 0 Å². The topological polar surface area (TPSA) is 53.5 Å². The van der Waals surface area contributed by atoms with Crippen molar-refractivity contribution in [3.05, 3.63) is 11.8 Å². The molecule has 1 saturated heterocycles. The van der Waals surface area contributed by atoms with Gasteiger partial charge in [0.1, 0.15) is 0 Å². The molecule has 1 amide bonds. The van der Waals surface area contributed by atoms with Gasteiger partial charge >= 0.3 is 0 Å². The van der Waals surface area contributed by atoms with Crippen molar-refractivity contribution >= 4 is 36.9 Å². The first-order chi connectivity index (χ1) is 5.38. The summed E-state index contributed by atoms with van der Waals surface area (Å²) < 4.78 is 0. The van der Waals surface area contributed by atoms with Gasteiger partial charge in [0.15, 0.2) is 0 Å². The van der Waals surface area contributed by atoms with Crippen molar-refractivity contribution in [2.24, 2.45) is 10.9 Å². The summed E-state index contributed by atoms with van der Waals surface area (Å²) in [6.45, 7) is 1.11. The molecule has 74 valence electrons. The van der Waals surface area contributed by atoms with E-state index in [2.05, 4.69) is 15.6 Å². The number of hydrogen-bond donors (Lipinski definition) is 2. The second-order valence-electron chi connectivity index (χ2n) is 2.58. The van der Waals surface area contributed by atoms with Crippen LogP contribution in [0.25, 0.3) is 0 Å². The molecule has 2 aliphatic rings. The Bertz CT molecular complexity index is 252. The van der Waals surface area contributed by atoms with E-state index in [1.54, 1.807) is 6.21 Å². The second kappa shape index (κ2) is 5.09. The molecule has 2 aliphatic heterocycles. The van der Waals surface area contributed by atoms with Crippen LogP contribution in [0, 0.1) is 5.92 Å². The maximum Gasteiger partial charge on any atom is 0.232 e. The number of dihydropyridines is 1. The number of nitrogens with one attached hydrogen (secondary N) is 2. The Morgan fingerprint density at radius 3 is 2.85 bits per heavy atom. The summed E-state index contributed by atoms with van der Waals surface area (Å²) >= 11 is 0. The van der Waals surface area contributed by atoms with Gasteiger partial charge < -0.3 is 10.6 Å². The minimum Gasteiger partial charge on any atom is -0.370 e. The summed E-state index contributed by atoms with van der Waals surface area (Å²) in [5, 5.41) is 5.81. The van der Waals surface area contributed by atoms with Crippen LogP contribution in [0.5, 0.6) is 0 Å². The summed E-state index contributed by atoms with van der Waals surface area (Å²) in [5.41, 5.74) is 0.990. The zero-order valence-corrected chi connectivity index (χ0v) is 8.45. The zero-order valence-electron chi connectivity index (χ0n) is 6.82. The van der Waals surface area contributed by atoms with E-state index in [0.717, 1.165) is 5.70 Å². The third-order valence-corrected chi connectivity index (χ3v) is 1.89. The number of fused-ring (bicyclic) bond motifs is 1. The minimum absolute atomic E-state index is 0. The van der Waals surface area contributed by atoms with E-state index in [1.165, 1.54) is 0 Å². The molecule has 13 heavy (non-hydrogen) atoms. The maximum atomic E-state index is 11.2. The molecule has 0 aromatic heterocycles. The fourth-order valence-electron chi connectivity index (χ4n) is 1.28. The number of hydrogen-bond acceptors (Lipinski definition) is 3. The third-order valence-electron chi connectivity index (χ3n) is 1.89. The molecule has 0 spiro atoms. The normalized spacial score (nSPS) is 23.8. The Balaban J connectivity index is 0.000000720. The molecule has 0 aliphatic carbocycles. The Kier molecular flexibility index (Phi) is 4.80. The Hall–Kier alpha value is -0.740. The number of halogens is 2. The fraction of sp³-hybridized carbons (Fsp3) is 0.429. The summed E-state index contributed by atoms with van der Waals surface area (Å²) in [6.07, 6.45) is 3.59. The van der Waals surface area contributed by atoms with Crippen molar-refractivity contribution in [3.8, 4) is 0 Å². The lowest BCUT2D eigenvalue weighted by molar-refractivity contribution is -0.124. The molecule has 2 rings (SSSR count). The molecule has 0 bridgehead atoms. The third kappa shape index (κ3) is 2.35. The molecule has 0 saturated carbocycles. The molecule has 0 aromatic carbocycles. The number of carbonyl (C=O) groups is 1. The second-order valence-corrected chi connectivity index (χ2v) is 2.58. The van der Waals surface area contributed by atoms with Crippen molar-refractivity contribution in [3.63, 3.8) is 0 Å². The molecule has 2 N–H and O–H groups in total. The predicted molar refractivity (Wildman–Crippen MR) is 55.6 cm³/mol. The van der Waals surface area contributed by atoms with Crippen molar-refractivity contribution < 1.29 is 4.79 Å². The van der Waals surface area contributed by atoms with Gasteiger partial charge in [0.05, 0.1) is 19.1 Å². The van der Waals surface area contributed by atoms with Crippen LogP contribution in [-0.4, -0.2) is 25.3 Å². The first-order valence-electron chi connectivity index (χ1n) is 3.59. The van der Waals surface area contributed by atoms with Gasteiger partial charge in [-0.25, -0.2) is 0 Å². The summed E-state index contributed by atoms with van der Waals surface area (Å²) in [6, 6.07) is 0. The van der Waals surface area contributed by atoms with Crippen molar-refractivity contribution in [2.75, 3.05) is 13.2 Å². The Morgan fingerprint density at radius 1 is 1.38 bits per heavy atom. The number of carbonyl (C=O) groups excluding carboxylic acids is 1. The summed E-state index contributed by atoms with van der Waals surface area (Å²) in [7, 11) is 0. The predicted octanol–water partition coefficient (Wildman–Crippen LogP) is 0.0914. The van der Waals surface area contributed by atoms with Gasteiger partial charge in [0.2, 0.25) is 5.91 Å². The molecule has 1 fully saturated rings. The van der Waals surface area contributed by atoms with E-state index in [0.29, 0.717) is 13.2 Å². The number of nitrogens with zero attached hydrogens (tertiary/aromatic N) is 1. The van der Waals surface area contributed by atoms with E-state index >= 15 is 0 Å². The molecular weight excluding hydrogens is 213 g/mol. The molecule has 2 heterocycles. The molecular formula is C7H11Cl2N3O. The summed E-state index contributed by atoms with van der Waals surface area (Å²) in [4.78, 5) is 15.2. The number of amides is 1. The lowest BCUT2D eigenvalue weighted by Crippen LogP contribution is -2.48. The van der Waals surface area contributed by atoms with Gasteiger partial charge in [-0.1, -0.05) is 0 Å². The maximum absolute atomic E-state index is 11.2. The summed E-state index contributed by atoms with van der Waals surface area (Å²) in [5.74, 6) is 0.000556. The van der Waals surface area contributed by atoms with Crippen LogP contribution in [0.1, 0.15) is 0 Å². The van der Waals surface area contributed by atoms with E-state index < -0.39 is 0 Å². The lowest BCUT2D eigenvalue weighted by atomic mass is 10.0. The van der Waals surface area contributed by atoms with Crippen LogP contribution in [-0.2, 0) is 4.79 Å². The minimum atomic E-state index is -0.0752. The Labute approximate surface area is 88.7 Å². The highest BCUT2D eigenvalue weighted by molar-refractivity contribution is 5.86. The molecule has 6 heteroatoms. The molecule has 0 aromatic rings. The van der Waals surface area contributed by atoms with Crippen LogP contribution in [0.4, 0.5) is 0 Å². The standard InChI is InChI=1S/C7H9N3O.2ClH/c11-7-5-3-8-2-1-6(5)9-4-10-7;;/h1-2,5,9H,3-4H2,(H,10,11);2*1H. The van der Waals surface area contributed by atoms with E-state index in [-0.39, 0.29) is 36.6 Å². The number of allylic oxidation sites excluding steroid dienone is 1. The monoisotopic (exact) mass is 223 g/mol. The average molecular weight is 224 g/mol. The highest BCUT2D eigenvalue weighted by atomic mass is 35.5. The van der Waals surface area contributed by atoms with Crippen LogP contribution >= 0.6 is 24.8 Å². The van der Waals surface area contributed by atoms with Gasteiger partial charge in [-0.15, -0.1) is 24.8 Å². The van der Waals surface area contributed by atoms with Gasteiger partial charge in [0, 0.05) is 11.9 Å². The van der Waals surface area contributed by atoms with Crippen LogP contribution in [0.2, 0.25) is 0 Å². The first-order valence-corrected chi connectivity index (χ1v) is 3.59. The highest BCUT2D eigenvalue weighted by Crippen LogP contribution is 2.13. The van der Waals surface area contributed by atoms with E-state index in [4.69, 9.17) is 0 Å². The largest absolute Gasteiger partial charge is 0.370 e. The SMILES string of the molecule is Cl.Cl.O=C1NCNC2=CC=NCC12. The molecule has 1 atom stereocenters. The number of rotatable bonds is 0. The van der Waals surface area contributed by atoms with Crippen LogP contribution in [0.3, 0.4) is 0 Å². The lowest BCUT2D eigenvalue weighted by Gasteiger charge is -2.26. The van der Waals surface area contributed by atoms with Crippen molar-refractivity contribution in [2.45, 2.75) is 0 Å². The number of aliphatic imine (C=N–C) groups is 1. The molecule has 1 unspecified atom stereocenters. The zero-order chi connectivity index (χ0) is 7.68. The fourth-order valence-corrected chi connectivity index (χ4v) is 1.28. The van der Waals surface area contributed by atoms with Gasteiger partial charge in [-0.2, -0.15) is 0 Å². The van der Waals surface area contributed by atoms with Crippen molar-refractivity contribution in [1.82, 2.24) is 10.6 Å². The van der Waals surface area contributed by atoms with Gasteiger partial charge in [-0.05, 0) is 6.08 Å². The Morgan fingerprint density at radius 2 is 2.15 bits per heavy atom. The highest BCUT2D eigenvalue weighted by Gasteiger charge is 2.26. The van der Waals surface area contributed by atoms with Gasteiger partial charge in [-0.3, -0.25) is 9.79 Å². The quantitative estimate of drug-likeness (QED) is 0.612. The van der Waals surface area contributed by atoms with Crippen molar-refractivity contribution in [1.29, 1.82) is 0 Å². The molecule has 0 radical (unpaired) electrons. The van der Waals surface area contributed by atoms with E-state index in [9.17, 15) is 4.79 Å². The smallest absolute Gasteiger partial charge is 0.232 e. The van der Waals surface area contributed by atoms with Crippen LogP contribution < -0.4 is 10.6 Å². The molecule has 4 nitrogen and oxygen atoms in total. The van der Waals surface area contributed by atoms with Crippen LogP contribution in [0.15, 0.2) is 16.8 Å². The average Bonchev–Trinajstić information content (AvgIpc) is 2.06.